The second-order valence-corrected chi connectivity index (χ2v) is 5.53. The van der Waals surface area contributed by atoms with Crippen LogP contribution in [-0.2, 0) is 9.53 Å². The average molecular weight is 337 g/mol. The smallest absolute Gasteiger partial charge is 0.318 e. The van der Waals surface area contributed by atoms with Gasteiger partial charge in [-0.2, -0.15) is 0 Å². The number of urea groups is 1. The third-order valence-corrected chi connectivity index (χ3v) is 3.64. The molecule has 0 aromatic heterocycles. The maximum atomic E-state index is 11.7. The molecule has 1 aliphatic heterocycles. The van der Waals surface area contributed by atoms with Crippen LogP contribution in [0.3, 0.4) is 0 Å². The molecule has 8 heteroatoms. The molecule has 3 amide bonds. The number of ether oxygens (including phenoxy) is 3. The van der Waals surface area contributed by atoms with Gasteiger partial charge in [0.2, 0.25) is 5.91 Å². The van der Waals surface area contributed by atoms with Gasteiger partial charge in [0.1, 0.15) is 12.6 Å². The zero-order valence-electron chi connectivity index (χ0n) is 13.8. The van der Waals surface area contributed by atoms with Gasteiger partial charge in [0.05, 0.1) is 13.2 Å². The number of primary amides is 1. The lowest BCUT2D eigenvalue weighted by Gasteiger charge is -2.17. The number of imide groups is 1. The molecule has 0 saturated carbocycles. The van der Waals surface area contributed by atoms with Crippen LogP contribution in [0, 0.1) is 0 Å². The SMILES string of the molecule is COc1ccc(N[C@@H](C)C(=O)NC(N)=O)cc1OC[C@H]1CCCO1. The first-order valence-electron chi connectivity index (χ1n) is 7.79. The number of anilines is 1. The molecule has 1 aromatic carbocycles. The summed E-state index contributed by atoms with van der Waals surface area (Å²) in [4.78, 5) is 22.4. The first kappa shape index (κ1) is 17.9. The fourth-order valence-corrected chi connectivity index (χ4v) is 2.38. The molecule has 2 atom stereocenters. The summed E-state index contributed by atoms with van der Waals surface area (Å²) in [6, 6.07) is 3.71. The number of hydrogen-bond acceptors (Lipinski definition) is 6. The normalized spacial score (nSPS) is 17.8. The third kappa shape index (κ3) is 5.02. The van der Waals surface area contributed by atoms with Crippen LogP contribution in [0.25, 0.3) is 0 Å². The molecule has 0 radical (unpaired) electrons. The van der Waals surface area contributed by atoms with Gasteiger partial charge in [-0.05, 0) is 31.9 Å². The van der Waals surface area contributed by atoms with Crippen molar-refractivity contribution in [3.05, 3.63) is 18.2 Å². The Kier molecular flexibility index (Phi) is 6.25. The van der Waals surface area contributed by atoms with Gasteiger partial charge < -0.3 is 25.3 Å². The number of methoxy groups -OCH3 is 1. The summed E-state index contributed by atoms with van der Waals surface area (Å²) in [6.07, 6.45) is 2.11. The van der Waals surface area contributed by atoms with E-state index in [-0.39, 0.29) is 6.10 Å². The molecule has 0 unspecified atom stereocenters. The summed E-state index contributed by atoms with van der Waals surface area (Å²) in [6.45, 7) is 2.83. The highest BCUT2D eigenvalue weighted by Gasteiger charge is 2.18. The minimum Gasteiger partial charge on any atom is -0.493 e. The van der Waals surface area contributed by atoms with E-state index in [0.717, 1.165) is 19.4 Å². The Balaban J connectivity index is 2.00. The van der Waals surface area contributed by atoms with Crippen molar-refractivity contribution in [2.24, 2.45) is 5.73 Å². The number of benzene rings is 1. The lowest BCUT2D eigenvalue weighted by Crippen LogP contribution is -2.43. The zero-order chi connectivity index (χ0) is 17.5. The molecule has 0 spiro atoms. The Morgan fingerprint density at radius 3 is 2.83 bits per heavy atom. The monoisotopic (exact) mass is 337 g/mol. The Labute approximate surface area is 140 Å². The van der Waals surface area contributed by atoms with E-state index in [2.05, 4.69) is 5.32 Å². The quantitative estimate of drug-likeness (QED) is 0.690. The molecule has 8 nitrogen and oxygen atoms in total. The number of hydrogen-bond donors (Lipinski definition) is 3. The fourth-order valence-electron chi connectivity index (χ4n) is 2.38. The molecule has 1 saturated heterocycles. The molecule has 132 valence electrons. The molecule has 1 heterocycles. The van der Waals surface area contributed by atoms with Crippen LogP contribution in [0.1, 0.15) is 19.8 Å². The van der Waals surface area contributed by atoms with Crippen LogP contribution in [0.5, 0.6) is 11.5 Å². The minimum atomic E-state index is -0.885. The van der Waals surface area contributed by atoms with E-state index in [4.69, 9.17) is 19.9 Å². The number of carbonyl (C=O) groups is 2. The van der Waals surface area contributed by atoms with E-state index >= 15 is 0 Å². The maximum Gasteiger partial charge on any atom is 0.318 e. The lowest BCUT2D eigenvalue weighted by molar-refractivity contribution is -0.120. The van der Waals surface area contributed by atoms with Crippen LogP contribution in [0.15, 0.2) is 18.2 Å². The summed E-state index contributed by atoms with van der Waals surface area (Å²) in [5.74, 6) is 0.633. The fraction of sp³-hybridized carbons (Fsp3) is 0.500. The van der Waals surface area contributed by atoms with Crippen molar-refractivity contribution in [2.45, 2.75) is 31.9 Å². The summed E-state index contributed by atoms with van der Waals surface area (Å²) >= 11 is 0. The van der Waals surface area contributed by atoms with Crippen LogP contribution in [0.4, 0.5) is 10.5 Å². The van der Waals surface area contributed by atoms with E-state index in [0.29, 0.717) is 23.8 Å². The molecule has 0 aliphatic carbocycles. The Hall–Kier alpha value is -2.48. The standard InChI is InChI=1S/C16H23N3O5/c1-10(15(20)19-16(17)21)18-11-5-6-13(22-2)14(8-11)24-9-12-4-3-7-23-12/h5-6,8,10,12,18H,3-4,7,9H2,1-2H3,(H3,17,19,20,21)/t10-,12+/m0/s1. The molecule has 1 fully saturated rings. The van der Waals surface area contributed by atoms with Crippen molar-refractivity contribution in [1.82, 2.24) is 5.32 Å². The van der Waals surface area contributed by atoms with Crippen LogP contribution < -0.4 is 25.8 Å². The van der Waals surface area contributed by atoms with E-state index in [1.807, 2.05) is 5.32 Å². The number of nitrogens with one attached hydrogen (secondary N) is 2. The second kappa shape index (κ2) is 8.39. The topological polar surface area (TPSA) is 112 Å². The van der Waals surface area contributed by atoms with Crippen molar-refractivity contribution in [1.29, 1.82) is 0 Å². The van der Waals surface area contributed by atoms with E-state index < -0.39 is 18.0 Å². The first-order valence-corrected chi connectivity index (χ1v) is 7.79. The van der Waals surface area contributed by atoms with Gasteiger partial charge in [0.25, 0.3) is 0 Å². The highest BCUT2D eigenvalue weighted by Crippen LogP contribution is 2.31. The largest absolute Gasteiger partial charge is 0.493 e. The molecule has 0 bridgehead atoms. The molecular formula is C16H23N3O5. The predicted molar refractivity (Wildman–Crippen MR) is 88.3 cm³/mol. The number of nitrogens with two attached hydrogens (primary N) is 1. The van der Waals surface area contributed by atoms with Gasteiger partial charge in [-0.15, -0.1) is 0 Å². The van der Waals surface area contributed by atoms with Crippen molar-refractivity contribution in [3.63, 3.8) is 0 Å². The maximum absolute atomic E-state index is 11.7. The lowest BCUT2D eigenvalue weighted by atomic mass is 10.2. The summed E-state index contributed by atoms with van der Waals surface area (Å²) in [5, 5.41) is 5.01. The molecule has 4 N–H and O–H groups in total. The molecule has 1 aliphatic rings. The number of rotatable bonds is 7. The molecule has 2 rings (SSSR count). The summed E-state index contributed by atoms with van der Waals surface area (Å²) in [5.41, 5.74) is 5.60. The Morgan fingerprint density at radius 1 is 1.42 bits per heavy atom. The highest BCUT2D eigenvalue weighted by molar-refractivity contribution is 5.97. The Morgan fingerprint density at radius 2 is 2.21 bits per heavy atom. The zero-order valence-corrected chi connectivity index (χ0v) is 13.8. The van der Waals surface area contributed by atoms with E-state index in [1.165, 1.54) is 0 Å². The first-order chi connectivity index (χ1) is 11.5. The van der Waals surface area contributed by atoms with Gasteiger partial charge in [-0.3, -0.25) is 10.1 Å². The highest BCUT2D eigenvalue weighted by atomic mass is 16.5. The van der Waals surface area contributed by atoms with Gasteiger partial charge in [-0.25, -0.2) is 4.79 Å². The van der Waals surface area contributed by atoms with E-state index in [1.54, 1.807) is 32.2 Å². The molecule has 1 aromatic rings. The van der Waals surface area contributed by atoms with E-state index in [9.17, 15) is 9.59 Å². The summed E-state index contributed by atoms with van der Waals surface area (Å²) < 4.78 is 16.6. The van der Waals surface area contributed by atoms with Gasteiger partial charge >= 0.3 is 6.03 Å². The molecular weight excluding hydrogens is 314 g/mol. The van der Waals surface area contributed by atoms with Crippen molar-refractivity contribution < 1.29 is 23.8 Å². The predicted octanol–water partition coefficient (Wildman–Crippen LogP) is 1.25. The van der Waals surface area contributed by atoms with Crippen molar-refractivity contribution in [2.75, 3.05) is 25.6 Å². The minimum absolute atomic E-state index is 0.0894. The third-order valence-electron chi connectivity index (χ3n) is 3.64. The summed E-state index contributed by atoms with van der Waals surface area (Å²) in [7, 11) is 1.56. The van der Waals surface area contributed by atoms with Gasteiger partial charge in [0.15, 0.2) is 11.5 Å². The van der Waals surface area contributed by atoms with Gasteiger partial charge in [0, 0.05) is 18.4 Å². The van der Waals surface area contributed by atoms with Gasteiger partial charge in [-0.1, -0.05) is 0 Å². The second-order valence-electron chi connectivity index (χ2n) is 5.53. The van der Waals surface area contributed by atoms with Crippen molar-refractivity contribution in [3.8, 4) is 11.5 Å². The molecule has 24 heavy (non-hydrogen) atoms. The van der Waals surface area contributed by atoms with Crippen molar-refractivity contribution >= 4 is 17.6 Å². The van der Waals surface area contributed by atoms with Crippen LogP contribution in [-0.4, -0.2) is 44.4 Å². The van der Waals surface area contributed by atoms with Crippen LogP contribution in [0.2, 0.25) is 0 Å². The Bertz CT molecular complexity index is 587. The number of amides is 3. The van der Waals surface area contributed by atoms with Crippen LogP contribution >= 0.6 is 0 Å². The number of carbonyl (C=O) groups excluding carboxylic acids is 2. The average Bonchev–Trinajstić information content (AvgIpc) is 3.05.